The van der Waals surface area contributed by atoms with E-state index in [1.807, 2.05) is 41.5 Å². The summed E-state index contributed by atoms with van der Waals surface area (Å²) in [6.45, 7) is 24.4. The maximum Gasteiger partial charge on any atom is 0.163 e. The van der Waals surface area contributed by atoms with Gasteiger partial charge >= 0.3 is 0 Å². The summed E-state index contributed by atoms with van der Waals surface area (Å²) in [7, 11) is 0. The number of allylic oxidation sites excluding steroid dienone is 5. The van der Waals surface area contributed by atoms with Crippen molar-refractivity contribution >= 4 is 28.0 Å². The van der Waals surface area contributed by atoms with Gasteiger partial charge < -0.3 is 5.32 Å². The fourth-order valence-corrected chi connectivity index (χ4v) is 6.42. The van der Waals surface area contributed by atoms with E-state index in [2.05, 4.69) is 44.8 Å². The predicted octanol–water partition coefficient (Wildman–Crippen LogP) is 8.62. The number of pyridine rings is 1. The molecule has 4 rings (SSSR count). The third-order valence-corrected chi connectivity index (χ3v) is 8.94. The second-order valence-electron chi connectivity index (χ2n) is 11.2. The minimum Gasteiger partial charge on any atom is -0.382 e. The molecule has 4 nitrogen and oxygen atoms in total. The van der Waals surface area contributed by atoms with Crippen LogP contribution in [0.5, 0.6) is 0 Å². The Balaban J connectivity index is 0.00000205. The van der Waals surface area contributed by atoms with E-state index in [0.717, 1.165) is 52.9 Å². The van der Waals surface area contributed by atoms with Crippen LogP contribution in [0.25, 0.3) is 16.5 Å². The highest BCUT2D eigenvalue weighted by atomic mass is 16.1. The van der Waals surface area contributed by atoms with E-state index >= 15 is 0 Å². The van der Waals surface area contributed by atoms with E-state index in [4.69, 9.17) is 4.98 Å². The molecular formula is C35H48N2O2. The Morgan fingerprint density at radius 3 is 2.36 bits per heavy atom. The van der Waals surface area contributed by atoms with Gasteiger partial charge in [0, 0.05) is 17.5 Å². The molecule has 0 fully saturated rings. The molecule has 0 spiro atoms. The first-order chi connectivity index (χ1) is 18.5. The summed E-state index contributed by atoms with van der Waals surface area (Å²) < 4.78 is 0. The number of aromatic nitrogens is 1. The van der Waals surface area contributed by atoms with Crippen molar-refractivity contribution in [3.8, 4) is 0 Å². The third kappa shape index (κ3) is 5.27. The number of benzene rings is 1. The maximum absolute atomic E-state index is 13.5. The van der Waals surface area contributed by atoms with Crippen LogP contribution in [0, 0.1) is 19.3 Å². The van der Waals surface area contributed by atoms with Gasteiger partial charge in [0.05, 0.1) is 22.7 Å². The van der Waals surface area contributed by atoms with Gasteiger partial charge in [-0.2, -0.15) is 0 Å². The van der Waals surface area contributed by atoms with Crippen LogP contribution in [-0.4, -0.2) is 16.6 Å². The van der Waals surface area contributed by atoms with E-state index in [1.54, 1.807) is 6.92 Å². The summed E-state index contributed by atoms with van der Waals surface area (Å²) in [5, 5.41) is 4.91. The average Bonchev–Trinajstić information content (AvgIpc) is 2.91. The molecule has 2 aromatic rings. The highest BCUT2D eigenvalue weighted by Crippen LogP contribution is 2.45. The minimum atomic E-state index is -0.685. The second kappa shape index (κ2) is 12.0. The largest absolute Gasteiger partial charge is 0.382 e. The van der Waals surface area contributed by atoms with Crippen LogP contribution >= 0.6 is 0 Å². The summed E-state index contributed by atoms with van der Waals surface area (Å²) in [5.41, 5.74) is 11.3. The first-order valence-electron chi connectivity index (χ1n) is 14.8. The topological polar surface area (TPSA) is 59.1 Å². The molecule has 0 radical (unpaired) electrons. The molecule has 39 heavy (non-hydrogen) atoms. The van der Waals surface area contributed by atoms with Gasteiger partial charge in [-0.15, -0.1) is 0 Å². The van der Waals surface area contributed by atoms with E-state index < -0.39 is 5.41 Å². The summed E-state index contributed by atoms with van der Waals surface area (Å²) in [6.07, 6.45) is 6.57. The lowest BCUT2D eigenvalue weighted by Crippen LogP contribution is -2.30. The van der Waals surface area contributed by atoms with Crippen molar-refractivity contribution in [2.45, 2.75) is 114 Å². The first-order valence-corrected chi connectivity index (χ1v) is 14.8. The number of hydrogen-bond donors (Lipinski definition) is 1. The van der Waals surface area contributed by atoms with Crippen molar-refractivity contribution < 1.29 is 9.59 Å². The van der Waals surface area contributed by atoms with Crippen LogP contribution in [0.1, 0.15) is 121 Å². The van der Waals surface area contributed by atoms with Gasteiger partial charge in [0.15, 0.2) is 5.78 Å². The Morgan fingerprint density at radius 2 is 1.82 bits per heavy atom. The highest BCUT2D eigenvalue weighted by Gasteiger charge is 2.38. The molecule has 2 atom stereocenters. The summed E-state index contributed by atoms with van der Waals surface area (Å²) in [4.78, 5) is 31.7. The second-order valence-corrected chi connectivity index (χ2v) is 11.2. The van der Waals surface area contributed by atoms with Crippen molar-refractivity contribution in [3.05, 3.63) is 69.1 Å². The Labute approximate surface area is 236 Å². The highest BCUT2D eigenvalue weighted by molar-refractivity contribution is 6.07. The molecule has 210 valence electrons. The van der Waals surface area contributed by atoms with Crippen LogP contribution in [-0.2, 0) is 22.4 Å². The fraction of sp³-hybridized carbons (Fsp3) is 0.514. The van der Waals surface area contributed by atoms with E-state index in [9.17, 15) is 9.59 Å². The molecule has 2 aliphatic carbocycles. The molecule has 0 saturated heterocycles. The Morgan fingerprint density at radius 1 is 1.15 bits per heavy atom. The van der Waals surface area contributed by atoms with E-state index in [-0.39, 0.29) is 17.6 Å². The van der Waals surface area contributed by atoms with Crippen LogP contribution in [0.2, 0.25) is 0 Å². The SMILES string of the molecule is C=C(C)N[C@H]1CCc2c(C)c(C)cc3nc(C4=CC([C@@](C)(CC)C(C)=O)=C(CC)C(=O)C4)c(CC)c1c23.CC. The first kappa shape index (κ1) is 30.5. The Kier molecular flexibility index (Phi) is 9.41. The minimum absolute atomic E-state index is 0.0972. The normalized spacial score (nSPS) is 18.3. The van der Waals surface area contributed by atoms with Crippen molar-refractivity contribution in [1.82, 2.24) is 10.3 Å². The number of hydrogen-bond acceptors (Lipinski definition) is 4. The monoisotopic (exact) mass is 528 g/mol. The molecule has 0 saturated carbocycles. The van der Waals surface area contributed by atoms with Crippen molar-refractivity contribution in [2.24, 2.45) is 5.41 Å². The molecule has 1 N–H and O–H groups in total. The van der Waals surface area contributed by atoms with E-state index in [1.165, 1.54) is 33.2 Å². The van der Waals surface area contributed by atoms with Gasteiger partial charge in [-0.25, -0.2) is 4.98 Å². The number of Topliss-reactive ketones (excluding diaryl/α,β-unsaturated/α-hetero) is 2. The molecule has 0 aliphatic heterocycles. The molecule has 2 aliphatic rings. The Bertz CT molecular complexity index is 1390. The van der Waals surface area contributed by atoms with Crippen LogP contribution in [0.3, 0.4) is 0 Å². The smallest absolute Gasteiger partial charge is 0.163 e. The van der Waals surface area contributed by atoms with Gasteiger partial charge in [-0.1, -0.05) is 47.3 Å². The summed E-state index contributed by atoms with van der Waals surface area (Å²) in [5.74, 6) is 0.214. The zero-order valence-corrected chi connectivity index (χ0v) is 25.9. The van der Waals surface area contributed by atoms with Crippen molar-refractivity contribution in [1.29, 1.82) is 0 Å². The standard InChI is InChI=1S/C33H42N2O2.C2H6/c1-10-23-26(33(9,12-3)21(8)36)16-22(17-29(23)37)32-24(11-2)30-27(34-18(4)5)14-13-25-20(7)19(6)15-28(35-32)31(25)30;1-2/h15-16,27,34H,4,10-14,17H2,1-3,5-9H3;1-2H3/t27-,33-;/m0./s1. The lowest BCUT2D eigenvalue weighted by molar-refractivity contribution is -0.123. The number of nitrogens with zero attached hydrogens (tertiary/aromatic N) is 1. The van der Waals surface area contributed by atoms with Gasteiger partial charge in [-0.3, -0.25) is 9.59 Å². The van der Waals surface area contributed by atoms with Gasteiger partial charge in [0.2, 0.25) is 0 Å². The molecule has 0 amide bonds. The van der Waals surface area contributed by atoms with E-state index in [0.29, 0.717) is 19.3 Å². The number of carbonyl (C=O) groups is 2. The fourth-order valence-electron chi connectivity index (χ4n) is 6.42. The van der Waals surface area contributed by atoms with Gasteiger partial charge in [0.1, 0.15) is 5.78 Å². The zero-order chi connectivity index (χ0) is 29.2. The number of nitrogens with one attached hydrogen (secondary N) is 1. The maximum atomic E-state index is 13.5. The number of rotatable bonds is 8. The molecule has 4 heteroatoms. The molecule has 1 heterocycles. The third-order valence-electron chi connectivity index (χ3n) is 8.94. The molecule has 1 aromatic carbocycles. The lowest BCUT2D eigenvalue weighted by atomic mass is 9.70. The van der Waals surface area contributed by atoms with Crippen molar-refractivity contribution in [3.63, 3.8) is 0 Å². The summed E-state index contributed by atoms with van der Waals surface area (Å²) >= 11 is 0. The van der Waals surface area contributed by atoms with Crippen LogP contribution < -0.4 is 5.32 Å². The molecule has 0 unspecified atom stereocenters. The number of aryl methyl sites for hydroxylation is 2. The lowest BCUT2D eigenvalue weighted by Gasteiger charge is -2.34. The molecule has 1 aromatic heterocycles. The van der Waals surface area contributed by atoms with Gasteiger partial charge in [0.25, 0.3) is 0 Å². The number of carbonyl (C=O) groups excluding carboxylic acids is 2. The molecular weight excluding hydrogens is 480 g/mol. The van der Waals surface area contributed by atoms with Crippen LogP contribution in [0.4, 0.5) is 0 Å². The molecule has 0 bridgehead atoms. The van der Waals surface area contributed by atoms with Crippen molar-refractivity contribution in [2.75, 3.05) is 0 Å². The Hall–Kier alpha value is -3.01. The average molecular weight is 529 g/mol. The van der Waals surface area contributed by atoms with Crippen LogP contribution in [0.15, 0.2) is 35.6 Å². The predicted molar refractivity (Wildman–Crippen MR) is 165 cm³/mol. The zero-order valence-electron chi connectivity index (χ0n) is 25.9. The number of ketones is 2. The van der Waals surface area contributed by atoms with Gasteiger partial charge in [-0.05, 0) is 117 Å². The summed E-state index contributed by atoms with van der Waals surface area (Å²) in [6, 6.07) is 2.36. The quantitative estimate of drug-likeness (QED) is 0.372.